The summed E-state index contributed by atoms with van der Waals surface area (Å²) < 4.78 is 1.99. The van der Waals surface area contributed by atoms with Crippen molar-refractivity contribution in [1.82, 2.24) is 9.38 Å². The van der Waals surface area contributed by atoms with E-state index in [1.54, 1.807) is 0 Å². The molecule has 3 rings (SSSR count). The first-order valence-corrected chi connectivity index (χ1v) is 6.93. The average molecular weight is 266 g/mol. The highest BCUT2D eigenvalue weighted by Crippen LogP contribution is 2.13. The molecule has 3 aromatic rings. The van der Waals surface area contributed by atoms with Crippen LogP contribution in [0.25, 0.3) is 5.65 Å². The lowest BCUT2D eigenvalue weighted by molar-refractivity contribution is 0.282. The Morgan fingerprint density at radius 3 is 2.50 bits per heavy atom. The Hall–Kier alpha value is -2.13. The molecule has 0 saturated heterocycles. The van der Waals surface area contributed by atoms with Gasteiger partial charge in [0.1, 0.15) is 5.65 Å². The molecule has 102 valence electrons. The maximum atomic E-state index is 9.15. The Kier molecular flexibility index (Phi) is 3.52. The summed E-state index contributed by atoms with van der Waals surface area (Å²) in [5, 5.41) is 9.15. The van der Waals surface area contributed by atoms with Crippen molar-refractivity contribution in [2.24, 2.45) is 0 Å². The topological polar surface area (TPSA) is 37.5 Å². The lowest BCUT2D eigenvalue weighted by atomic mass is 10.1. The molecular formula is C17H18N2O. The molecule has 0 aliphatic heterocycles. The molecule has 0 atom stereocenters. The summed E-state index contributed by atoms with van der Waals surface area (Å²) in [4.78, 5) is 4.61. The van der Waals surface area contributed by atoms with Crippen molar-refractivity contribution < 1.29 is 5.11 Å². The zero-order valence-corrected chi connectivity index (χ0v) is 11.6. The molecule has 0 fully saturated rings. The lowest BCUT2D eigenvalue weighted by Gasteiger charge is -2.00. The van der Waals surface area contributed by atoms with E-state index in [1.165, 1.54) is 11.1 Å². The summed E-state index contributed by atoms with van der Waals surface area (Å²) in [6.45, 7) is 2.22. The summed E-state index contributed by atoms with van der Waals surface area (Å²) in [5.74, 6) is 0. The van der Waals surface area contributed by atoms with Crippen LogP contribution in [-0.2, 0) is 19.4 Å². The maximum Gasteiger partial charge on any atom is 0.137 e. The first-order valence-electron chi connectivity index (χ1n) is 6.93. The average Bonchev–Trinajstić information content (AvgIpc) is 2.89. The zero-order valence-electron chi connectivity index (χ0n) is 11.6. The number of pyridine rings is 1. The maximum absolute atomic E-state index is 9.15. The Labute approximate surface area is 118 Å². The van der Waals surface area contributed by atoms with E-state index in [1.807, 2.05) is 28.9 Å². The van der Waals surface area contributed by atoms with Gasteiger partial charge in [-0.15, -0.1) is 0 Å². The van der Waals surface area contributed by atoms with Crippen LogP contribution in [-0.4, -0.2) is 14.5 Å². The second kappa shape index (κ2) is 5.47. The molecule has 0 unspecified atom stereocenters. The Morgan fingerprint density at radius 2 is 1.80 bits per heavy atom. The molecule has 3 heteroatoms. The number of benzene rings is 1. The smallest absolute Gasteiger partial charge is 0.137 e. The molecule has 0 radical (unpaired) electrons. The number of aliphatic hydroxyl groups is 1. The van der Waals surface area contributed by atoms with E-state index in [0.29, 0.717) is 0 Å². The van der Waals surface area contributed by atoms with Crippen LogP contribution in [0.15, 0.2) is 48.8 Å². The molecule has 0 amide bonds. The van der Waals surface area contributed by atoms with Crippen LogP contribution < -0.4 is 0 Å². The number of fused-ring (bicyclic) bond motifs is 1. The van der Waals surface area contributed by atoms with Gasteiger partial charge in [-0.1, -0.05) is 31.2 Å². The van der Waals surface area contributed by atoms with Crippen LogP contribution in [0.4, 0.5) is 0 Å². The van der Waals surface area contributed by atoms with Crippen molar-refractivity contribution in [3.63, 3.8) is 0 Å². The van der Waals surface area contributed by atoms with Crippen molar-refractivity contribution in [3.8, 4) is 0 Å². The van der Waals surface area contributed by atoms with Crippen LogP contribution in [0.1, 0.15) is 29.3 Å². The van der Waals surface area contributed by atoms with E-state index < -0.39 is 0 Å². The molecule has 2 aromatic heterocycles. The molecule has 0 spiro atoms. The monoisotopic (exact) mass is 266 g/mol. The Balaban J connectivity index is 1.86. The number of hydrogen-bond donors (Lipinski definition) is 1. The highest BCUT2D eigenvalue weighted by atomic mass is 16.3. The van der Waals surface area contributed by atoms with Gasteiger partial charge < -0.3 is 9.51 Å². The molecule has 20 heavy (non-hydrogen) atoms. The summed E-state index contributed by atoms with van der Waals surface area (Å²) >= 11 is 0. The van der Waals surface area contributed by atoms with Crippen LogP contribution in [0, 0.1) is 0 Å². The van der Waals surface area contributed by atoms with Crippen molar-refractivity contribution in [2.45, 2.75) is 26.4 Å². The molecule has 1 N–H and O–H groups in total. The quantitative estimate of drug-likeness (QED) is 0.788. The van der Waals surface area contributed by atoms with Gasteiger partial charge in [0.05, 0.1) is 12.3 Å². The molecule has 2 heterocycles. The number of imidazole rings is 1. The number of hydrogen-bond acceptors (Lipinski definition) is 2. The van der Waals surface area contributed by atoms with Gasteiger partial charge in [0.25, 0.3) is 0 Å². The van der Waals surface area contributed by atoms with Gasteiger partial charge >= 0.3 is 0 Å². The van der Waals surface area contributed by atoms with E-state index in [-0.39, 0.29) is 6.61 Å². The lowest BCUT2D eigenvalue weighted by Crippen LogP contribution is -1.89. The van der Waals surface area contributed by atoms with Gasteiger partial charge in [-0.3, -0.25) is 0 Å². The summed E-state index contributed by atoms with van der Waals surface area (Å²) in [5.41, 5.74) is 5.45. The van der Waals surface area contributed by atoms with Gasteiger partial charge in [-0.05, 0) is 35.2 Å². The summed E-state index contributed by atoms with van der Waals surface area (Å²) in [6.07, 6.45) is 5.89. The number of aryl methyl sites for hydroxylation is 1. The first-order chi connectivity index (χ1) is 9.78. The number of aliphatic hydroxyl groups excluding tert-OH is 1. The Morgan fingerprint density at radius 1 is 1.05 bits per heavy atom. The molecular weight excluding hydrogens is 248 g/mol. The largest absolute Gasteiger partial charge is 0.392 e. The predicted octanol–water partition coefficient (Wildman–Crippen LogP) is 2.98. The number of aromatic nitrogens is 2. The van der Waals surface area contributed by atoms with Crippen molar-refractivity contribution in [1.29, 1.82) is 0 Å². The second-order valence-electron chi connectivity index (χ2n) is 5.04. The minimum atomic E-state index is 0.0528. The molecule has 0 saturated carbocycles. The van der Waals surface area contributed by atoms with Crippen molar-refractivity contribution >= 4 is 5.65 Å². The minimum absolute atomic E-state index is 0.0528. The summed E-state index contributed by atoms with van der Waals surface area (Å²) in [6, 6.07) is 12.5. The molecule has 3 nitrogen and oxygen atoms in total. The third-order valence-electron chi connectivity index (χ3n) is 3.57. The fourth-order valence-electron chi connectivity index (χ4n) is 2.36. The third-order valence-corrected chi connectivity index (χ3v) is 3.57. The van der Waals surface area contributed by atoms with E-state index in [9.17, 15) is 0 Å². The van der Waals surface area contributed by atoms with Crippen LogP contribution in [0.3, 0.4) is 0 Å². The van der Waals surface area contributed by atoms with Gasteiger partial charge in [0.2, 0.25) is 0 Å². The van der Waals surface area contributed by atoms with Gasteiger partial charge in [-0.2, -0.15) is 0 Å². The zero-order chi connectivity index (χ0) is 13.9. The first kappa shape index (κ1) is 12.9. The standard InChI is InChI=1S/C17H18N2O/c1-2-13-3-5-14(6-4-13)9-16-11-19-8-7-15(12-20)10-17(19)18-16/h3-8,10-11,20H,2,9,12H2,1H3. The second-order valence-corrected chi connectivity index (χ2v) is 5.04. The van der Waals surface area contributed by atoms with Gasteiger partial charge in [-0.25, -0.2) is 4.98 Å². The molecule has 1 aromatic carbocycles. The van der Waals surface area contributed by atoms with E-state index in [2.05, 4.69) is 36.2 Å². The van der Waals surface area contributed by atoms with Crippen LogP contribution in [0.2, 0.25) is 0 Å². The van der Waals surface area contributed by atoms with Gasteiger partial charge in [0, 0.05) is 18.8 Å². The SMILES string of the molecule is CCc1ccc(Cc2cn3ccc(CO)cc3n2)cc1. The minimum Gasteiger partial charge on any atom is -0.392 e. The van der Waals surface area contributed by atoms with Crippen LogP contribution in [0.5, 0.6) is 0 Å². The highest BCUT2D eigenvalue weighted by Gasteiger charge is 2.04. The van der Waals surface area contributed by atoms with Crippen molar-refractivity contribution in [2.75, 3.05) is 0 Å². The number of nitrogens with zero attached hydrogens (tertiary/aromatic N) is 2. The normalized spacial score (nSPS) is 11.1. The summed E-state index contributed by atoms with van der Waals surface area (Å²) in [7, 11) is 0. The van der Waals surface area contributed by atoms with Crippen molar-refractivity contribution in [3.05, 3.63) is 71.2 Å². The highest BCUT2D eigenvalue weighted by molar-refractivity contribution is 5.43. The van der Waals surface area contributed by atoms with E-state index >= 15 is 0 Å². The fourth-order valence-corrected chi connectivity index (χ4v) is 2.36. The molecule has 0 aliphatic rings. The van der Waals surface area contributed by atoms with Gasteiger partial charge in [0.15, 0.2) is 0 Å². The number of rotatable bonds is 4. The third kappa shape index (κ3) is 2.58. The van der Waals surface area contributed by atoms with E-state index in [0.717, 1.165) is 29.7 Å². The Bertz CT molecular complexity index is 713. The predicted molar refractivity (Wildman–Crippen MR) is 79.7 cm³/mol. The molecule has 0 aliphatic carbocycles. The van der Waals surface area contributed by atoms with Crippen LogP contribution >= 0.6 is 0 Å². The molecule has 0 bridgehead atoms. The van der Waals surface area contributed by atoms with E-state index in [4.69, 9.17) is 5.11 Å². The fraction of sp³-hybridized carbons (Fsp3) is 0.235.